The molecule has 1 fully saturated rings. The average molecular weight is 496 g/mol. The number of aryl methyl sites for hydroxylation is 1. The van der Waals surface area contributed by atoms with Gasteiger partial charge in [-0.3, -0.25) is 0 Å². The Bertz CT molecular complexity index is 1150. The van der Waals surface area contributed by atoms with E-state index in [-0.39, 0.29) is 16.4 Å². The molecule has 35 heavy (non-hydrogen) atoms. The van der Waals surface area contributed by atoms with Crippen molar-refractivity contribution in [2.24, 2.45) is 11.3 Å². The third kappa shape index (κ3) is 4.23. The molecule has 1 spiro atoms. The number of fused-ring (bicyclic) bond motifs is 3. The number of benzene rings is 2. The SMILES string of the molecule is C=CC[C@H](O)[C@]1(C)CC[C@@H]1CN1CC2(CCCc3cc(Cl)ccc32)COc2ccc(C(=O)O)cc21. The molecule has 2 aromatic carbocycles. The van der Waals surface area contributed by atoms with Crippen molar-refractivity contribution >= 4 is 23.3 Å². The van der Waals surface area contributed by atoms with Crippen LogP contribution in [0.3, 0.4) is 0 Å². The lowest BCUT2D eigenvalue weighted by molar-refractivity contribution is -0.0695. The molecule has 6 heteroatoms. The highest BCUT2D eigenvalue weighted by molar-refractivity contribution is 6.30. The second-order valence-corrected chi connectivity index (χ2v) is 11.3. The molecule has 2 aromatic rings. The molecule has 1 aliphatic heterocycles. The first-order chi connectivity index (χ1) is 16.8. The van der Waals surface area contributed by atoms with Gasteiger partial charge in [0.15, 0.2) is 0 Å². The maximum atomic E-state index is 11.8. The minimum atomic E-state index is -0.945. The largest absolute Gasteiger partial charge is 0.490 e. The maximum Gasteiger partial charge on any atom is 0.335 e. The molecule has 1 unspecified atom stereocenters. The van der Waals surface area contributed by atoms with Crippen LogP contribution in [0.1, 0.15) is 60.5 Å². The number of aliphatic hydroxyl groups is 1. The highest BCUT2D eigenvalue weighted by atomic mass is 35.5. The van der Waals surface area contributed by atoms with E-state index in [0.29, 0.717) is 18.9 Å². The second-order valence-electron chi connectivity index (χ2n) is 10.9. The summed E-state index contributed by atoms with van der Waals surface area (Å²) in [7, 11) is 0. The third-order valence-corrected chi connectivity index (χ3v) is 9.08. The van der Waals surface area contributed by atoms with E-state index in [1.807, 2.05) is 6.07 Å². The number of anilines is 1. The van der Waals surface area contributed by atoms with Crippen molar-refractivity contribution in [1.29, 1.82) is 0 Å². The molecule has 2 N–H and O–H groups in total. The number of carboxylic acids is 1. The summed E-state index contributed by atoms with van der Waals surface area (Å²) in [4.78, 5) is 14.1. The number of rotatable bonds is 6. The van der Waals surface area contributed by atoms with E-state index < -0.39 is 12.1 Å². The summed E-state index contributed by atoms with van der Waals surface area (Å²) in [5.74, 6) is 0.0714. The number of hydrogen-bond donors (Lipinski definition) is 2. The first kappa shape index (κ1) is 24.2. The summed E-state index contributed by atoms with van der Waals surface area (Å²) in [6, 6.07) is 11.4. The smallest absolute Gasteiger partial charge is 0.335 e. The van der Waals surface area contributed by atoms with E-state index in [4.69, 9.17) is 16.3 Å². The standard InChI is InChI=1S/C29H34ClNO4/c1-3-5-26(32)28(2)13-11-21(28)16-31-17-29(12-4-6-19-14-22(30)8-9-23(19)29)18-35-25-10-7-20(27(33)34)15-24(25)31/h3,7-10,14-15,21,26,32H,1,4-6,11-13,16-18H2,2H3,(H,33,34)/t21-,26+,28-,29?/m1/s1. The van der Waals surface area contributed by atoms with Crippen molar-refractivity contribution in [3.63, 3.8) is 0 Å². The van der Waals surface area contributed by atoms with E-state index >= 15 is 0 Å². The summed E-state index contributed by atoms with van der Waals surface area (Å²) in [6.07, 6.45) is 7.01. The van der Waals surface area contributed by atoms with Crippen molar-refractivity contribution < 1.29 is 19.7 Å². The van der Waals surface area contributed by atoms with Crippen molar-refractivity contribution in [1.82, 2.24) is 0 Å². The van der Waals surface area contributed by atoms with Crippen LogP contribution in [0, 0.1) is 11.3 Å². The maximum absolute atomic E-state index is 11.8. The van der Waals surface area contributed by atoms with Gasteiger partial charge in [-0.1, -0.05) is 30.7 Å². The van der Waals surface area contributed by atoms with E-state index in [2.05, 4.69) is 30.5 Å². The average Bonchev–Trinajstić information content (AvgIpc) is 2.98. The molecular weight excluding hydrogens is 462 g/mol. The molecule has 5 nitrogen and oxygen atoms in total. The fraction of sp³-hybridized carbons (Fsp3) is 0.483. The fourth-order valence-electron chi connectivity index (χ4n) is 6.48. The molecule has 2 aliphatic carbocycles. The Morgan fingerprint density at radius 2 is 2.14 bits per heavy atom. The molecule has 186 valence electrons. The topological polar surface area (TPSA) is 70.0 Å². The quantitative estimate of drug-likeness (QED) is 0.491. The number of nitrogens with zero attached hydrogens (tertiary/aromatic N) is 1. The summed E-state index contributed by atoms with van der Waals surface area (Å²) < 4.78 is 6.43. The minimum absolute atomic E-state index is 0.183. The Balaban J connectivity index is 1.55. The van der Waals surface area contributed by atoms with Gasteiger partial charge in [-0.15, -0.1) is 6.58 Å². The number of carboxylic acid groups (broad SMARTS) is 1. The molecule has 0 bridgehead atoms. The molecule has 5 rings (SSSR count). The Hall–Kier alpha value is -2.50. The normalized spacial score (nSPS) is 28.2. The molecule has 3 aliphatic rings. The van der Waals surface area contributed by atoms with Crippen LogP contribution in [0.2, 0.25) is 5.02 Å². The highest BCUT2D eigenvalue weighted by Gasteiger charge is 2.49. The van der Waals surface area contributed by atoms with E-state index in [9.17, 15) is 15.0 Å². The number of ether oxygens (including phenoxy) is 1. The van der Waals surface area contributed by atoms with Crippen LogP contribution in [0.25, 0.3) is 0 Å². The number of carbonyl (C=O) groups is 1. The first-order valence-electron chi connectivity index (χ1n) is 12.6. The van der Waals surface area contributed by atoms with Crippen LogP contribution < -0.4 is 9.64 Å². The van der Waals surface area contributed by atoms with Gasteiger partial charge < -0.3 is 19.8 Å². The summed E-state index contributed by atoms with van der Waals surface area (Å²) >= 11 is 6.34. The van der Waals surface area contributed by atoms with Crippen LogP contribution in [-0.2, 0) is 11.8 Å². The van der Waals surface area contributed by atoms with E-state index in [1.165, 1.54) is 11.1 Å². The highest BCUT2D eigenvalue weighted by Crippen LogP contribution is 2.52. The van der Waals surface area contributed by atoms with Crippen molar-refractivity contribution in [3.05, 3.63) is 70.8 Å². The molecular formula is C29H34ClNO4. The number of hydrogen-bond acceptors (Lipinski definition) is 4. The molecule has 1 heterocycles. The first-order valence-corrected chi connectivity index (χ1v) is 13.0. The van der Waals surface area contributed by atoms with E-state index in [0.717, 1.165) is 61.7 Å². The molecule has 1 saturated carbocycles. The molecule has 0 aromatic heterocycles. The van der Waals surface area contributed by atoms with Crippen molar-refractivity contribution in [3.8, 4) is 5.75 Å². The van der Waals surface area contributed by atoms with Gasteiger partial charge in [0.1, 0.15) is 5.75 Å². The Morgan fingerprint density at radius 1 is 1.31 bits per heavy atom. The van der Waals surface area contributed by atoms with Gasteiger partial charge in [0.25, 0.3) is 0 Å². The number of aromatic carboxylic acids is 1. The minimum Gasteiger partial charge on any atom is -0.490 e. The van der Waals surface area contributed by atoms with Crippen LogP contribution >= 0.6 is 11.6 Å². The summed E-state index contributed by atoms with van der Waals surface area (Å²) in [5.41, 5.74) is 3.26. The predicted molar refractivity (Wildman–Crippen MR) is 139 cm³/mol. The van der Waals surface area contributed by atoms with Gasteiger partial charge >= 0.3 is 5.97 Å². The van der Waals surface area contributed by atoms with Crippen LogP contribution in [-0.4, -0.2) is 42.0 Å². The summed E-state index contributed by atoms with van der Waals surface area (Å²) in [6.45, 7) is 8.01. The van der Waals surface area contributed by atoms with Crippen LogP contribution in [0.5, 0.6) is 5.75 Å². The Kier molecular flexibility index (Phi) is 6.35. The fourth-order valence-corrected chi connectivity index (χ4v) is 6.68. The van der Waals surface area contributed by atoms with Crippen molar-refractivity contribution in [2.75, 3.05) is 24.6 Å². The zero-order chi connectivity index (χ0) is 24.8. The molecule has 0 saturated heterocycles. The third-order valence-electron chi connectivity index (χ3n) is 8.84. The predicted octanol–water partition coefficient (Wildman–Crippen LogP) is 5.86. The number of halogens is 1. The molecule has 0 amide bonds. The van der Waals surface area contributed by atoms with Gasteiger partial charge in [-0.2, -0.15) is 0 Å². The van der Waals surface area contributed by atoms with Gasteiger partial charge in [0, 0.05) is 23.5 Å². The van der Waals surface area contributed by atoms with Crippen LogP contribution in [0.15, 0.2) is 49.1 Å². The molecule has 0 radical (unpaired) electrons. The van der Waals surface area contributed by atoms with Crippen LogP contribution in [0.4, 0.5) is 5.69 Å². The molecule has 4 atom stereocenters. The lowest BCUT2D eigenvalue weighted by Crippen LogP contribution is -2.53. The van der Waals surface area contributed by atoms with Gasteiger partial charge in [-0.25, -0.2) is 4.79 Å². The lowest BCUT2D eigenvalue weighted by atomic mass is 9.57. The van der Waals surface area contributed by atoms with Gasteiger partial charge in [0.2, 0.25) is 0 Å². The number of aliphatic hydroxyl groups excluding tert-OH is 1. The summed E-state index contributed by atoms with van der Waals surface area (Å²) in [5, 5.41) is 21.3. The van der Waals surface area contributed by atoms with Crippen molar-refractivity contribution in [2.45, 2.75) is 57.0 Å². The monoisotopic (exact) mass is 495 g/mol. The zero-order valence-corrected chi connectivity index (χ0v) is 21.1. The van der Waals surface area contributed by atoms with Gasteiger partial charge in [-0.05, 0) is 91.3 Å². The van der Waals surface area contributed by atoms with Gasteiger partial charge in [0.05, 0.1) is 24.0 Å². The Morgan fingerprint density at radius 3 is 2.86 bits per heavy atom. The zero-order valence-electron chi connectivity index (χ0n) is 20.3. The lowest BCUT2D eigenvalue weighted by Gasteiger charge is -2.52. The van der Waals surface area contributed by atoms with E-state index in [1.54, 1.807) is 24.3 Å². The second kappa shape index (κ2) is 9.18. The Labute approximate surface area is 212 Å².